The maximum Gasteiger partial charge on any atom is 0.268 e. The summed E-state index contributed by atoms with van der Waals surface area (Å²) in [6.07, 6.45) is 1.80. The van der Waals surface area contributed by atoms with E-state index < -0.39 is 0 Å². The Kier molecular flexibility index (Phi) is 3.93. The Morgan fingerprint density at radius 3 is 2.69 bits per heavy atom. The van der Waals surface area contributed by atoms with Crippen LogP contribution in [0, 0.1) is 13.8 Å². The number of allylic oxidation sites excluding steroid dienone is 1. The first-order valence-corrected chi connectivity index (χ1v) is 5.55. The van der Waals surface area contributed by atoms with E-state index in [1.54, 1.807) is 6.08 Å². The third-order valence-corrected chi connectivity index (χ3v) is 2.44. The van der Waals surface area contributed by atoms with Gasteiger partial charge in [0.25, 0.3) is 5.91 Å². The van der Waals surface area contributed by atoms with Gasteiger partial charge in [0.15, 0.2) is 0 Å². The van der Waals surface area contributed by atoms with Gasteiger partial charge in [-0.05, 0) is 39.3 Å². The molecular formula is C13H20N2O. The van der Waals surface area contributed by atoms with Crippen molar-refractivity contribution < 1.29 is 4.79 Å². The number of rotatable bonds is 4. The van der Waals surface area contributed by atoms with Crippen LogP contribution < -0.4 is 5.32 Å². The van der Waals surface area contributed by atoms with Crippen molar-refractivity contribution in [2.24, 2.45) is 0 Å². The summed E-state index contributed by atoms with van der Waals surface area (Å²) in [5.41, 5.74) is 2.84. The van der Waals surface area contributed by atoms with E-state index in [1.165, 1.54) is 0 Å². The van der Waals surface area contributed by atoms with E-state index in [4.69, 9.17) is 0 Å². The number of hydrogen-bond donors (Lipinski definition) is 1. The molecule has 0 radical (unpaired) electrons. The maximum absolute atomic E-state index is 12.0. The number of amides is 1. The molecule has 1 aromatic heterocycles. The van der Waals surface area contributed by atoms with Crippen LogP contribution in [0.4, 0.5) is 0 Å². The van der Waals surface area contributed by atoms with E-state index in [0.717, 1.165) is 17.0 Å². The molecule has 3 nitrogen and oxygen atoms in total. The zero-order chi connectivity index (χ0) is 12.3. The van der Waals surface area contributed by atoms with Crippen molar-refractivity contribution in [1.29, 1.82) is 0 Å². The Morgan fingerprint density at radius 1 is 1.56 bits per heavy atom. The summed E-state index contributed by atoms with van der Waals surface area (Å²) in [5.74, 6) is -0.0116. The van der Waals surface area contributed by atoms with Gasteiger partial charge in [-0.25, -0.2) is 0 Å². The van der Waals surface area contributed by atoms with Gasteiger partial charge in [-0.1, -0.05) is 6.08 Å². The molecular weight excluding hydrogens is 200 g/mol. The standard InChI is InChI=1S/C13H20N2O/c1-6-7-15-11(5)8-10(4)12(15)13(16)14-9(2)3/h6,8-9H,1,7H2,2-5H3,(H,14,16). The predicted octanol–water partition coefficient (Wildman–Crippen LogP) is 2.43. The molecule has 0 aliphatic heterocycles. The maximum atomic E-state index is 12.0. The first kappa shape index (κ1) is 12.6. The Morgan fingerprint density at radius 2 is 2.19 bits per heavy atom. The van der Waals surface area contributed by atoms with Crippen LogP contribution in [0.25, 0.3) is 0 Å². The van der Waals surface area contributed by atoms with Gasteiger partial charge in [-0.3, -0.25) is 4.79 Å². The highest BCUT2D eigenvalue weighted by Crippen LogP contribution is 2.15. The number of nitrogens with one attached hydrogen (secondary N) is 1. The highest BCUT2D eigenvalue weighted by Gasteiger charge is 2.16. The van der Waals surface area contributed by atoms with Crippen LogP contribution >= 0.6 is 0 Å². The molecule has 1 heterocycles. The quantitative estimate of drug-likeness (QED) is 0.777. The van der Waals surface area contributed by atoms with Crippen molar-refractivity contribution in [2.75, 3.05) is 0 Å². The van der Waals surface area contributed by atoms with E-state index in [1.807, 2.05) is 38.3 Å². The van der Waals surface area contributed by atoms with Crippen molar-refractivity contribution in [3.8, 4) is 0 Å². The molecule has 1 amide bonds. The van der Waals surface area contributed by atoms with E-state index in [2.05, 4.69) is 11.9 Å². The first-order valence-electron chi connectivity index (χ1n) is 5.55. The normalized spacial score (nSPS) is 10.6. The predicted molar refractivity (Wildman–Crippen MR) is 66.7 cm³/mol. The molecule has 1 rings (SSSR count). The molecule has 0 aliphatic rings. The molecule has 0 bridgehead atoms. The molecule has 0 spiro atoms. The van der Waals surface area contributed by atoms with Crippen LogP contribution in [-0.4, -0.2) is 16.5 Å². The van der Waals surface area contributed by atoms with Gasteiger partial charge in [0, 0.05) is 18.3 Å². The molecule has 0 aromatic carbocycles. The van der Waals surface area contributed by atoms with Crippen LogP contribution in [0.15, 0.2) is 18.7 Å². The lowest BCUT2D eigenvalue weighted by Crippen LogP contribution is -2.32. The number of aryl methyl sites for hydroxylation is 2. The second-order valence-electron chi connectivity index (χ2n) is 4.34. The lowest BCUT2D eigenvalue weighted by atomic mass is 10.2. The number of hydrogen-bond acceptors (Lipinski definition) is 1. The monoisotopic (exact) mass is 220 g/mol. The average molecular weight is 220 g/mol. The topological polar surface area (TPSA) is 34.0 Å². The summed E-state index contributed by atoms with van der Waals surface area (Å²) >= 11 is 0. The largest absolute Gasteiger partial charge is 0.349 e. The first-order chi connectivity index (χ1) is 7.47. The fourth-order valence-corrected chi connectivity index (χ4v) is 1.85. The lowest BCUT2D eigenvalue weighted by molar-refractivity contribution is 0.0933. The van der Waals surface area contributed by atoms with Gasteiger partial charge < -0.3 is 9.88 Å². The van der Waals surface area contributed by atoms with Crippen molar-refractivity contribution in [3.63, 3.8) is 0 Å². The van der Waals surface area contributed by atoms with Crippen molar-refractivity contribution in [2.45, 2.75) is 40.3 Å². The second-order valence-corrected chi connectivity index (χ2v) is 4.34. The van der Waals surface area contributed by atoms with E-state index in [-0.39, 0.29) is 11.9 Å². The minimum Gasteiger partial charge on any atom is -0.349 e. The van der Waals surface area contributed by atoms with Gasteiger partial charge in [0.05, 0.1) is 0 Å². The van der Waals surface area contributed by atoms with E-state index >= 15 is 0 Å². The third kappa shape index (κ3) is 2.54. The van der Waals surface area contributed by atoms with Crippen molar-refractivity contribution in [3.05, 3.63) is 35.7 Å². The summed E-state index contributed by atoms with van der Waals surface area (Å²) in [5, 5.41) is 2.92. The summed E-state index contributed by atoms with van der Waals surface area (Å²) in [6, 6.07) is 2.18. The van der Waals surface area contributed by atoms with Crippen LogP contribution in [0.5, 0.6) is 0 Å². The molecule has 3 heteroatoms. The number of carbonyl (C=O) groups excluding carboxylic acids is 1. The summed E-state index contributed by atoms with van der Waals surface area (Å²) < 4.78 is 1.99. The molecule has 1 aromatic rings. The molecule has 0 saturated heterocycles. The Bertz CT molecular complexity index is 402. The van der Waals surface area contributed by atoms with Gasteiger partial charge in [0.1, 0.15) is 5.69 Å². The van der Waals surface area contributed by atoms with E-state index in [0.29, 0.717) is 6.54 Å². The highest BCUT2D eigenvalue weighted by molar-refractivity contribution is 5.94. The molecule has 88 valence electrons. The lowest BCUT2D eigenvalue weighted by Gasteiger charge is -2.12. The molecule has 0 saturated carbocycles. The summed E-state index contributed by atoms with van der Waals surface area (Å²) in [4.78, 5) is 12.0. The SMILES string of the molecule is C=CCn1c(C)cc(C)c1C(=O)NC(C)C. The highest BCUT2D eigenvalue weighted by atomic mass is 16.2. The fourth-order valence-electron chi connectivity index (χ4n) is 1.85. The number of carbonyl (C=O) groups is 1. The van der Waals surface area contributed by atoms with Crippen LogP contribution in [-0.2, 0) is 6.54 Å². The van der Waals surface area contributed by atoms with Gasteiger partial charge >= 0.3 is 0 Å². The van der Waals surface area contributed by atoms with Gasteiger partial charge in [-0.2, -0.15) is 0 Å². The van der Waals surface area contributed by atoms with Crippen LogP contribution in [0.1, 0.15) is 35.6 Å². The molecule has 1 N–H and O–H groups in total. The van der Waals surface area contributed by atoms with E-state index in [9.17, 15) is 4.79 Å². The van der Waals surface area contributed by atoms with Gasteiger partial charge in [-0.15, -0.1) is 6.58 Å². The number of nitrogens with zero attached hydrogens (tertiary/aromatic N) is 1. The zero-order valence-electron chi connectivity index (χ0n) is 10.5. The van der Waals surface area contributed by atoms with Crippen LogP contribution in [0.2, 0.25) is 0 Å². The third-order valence-electron chi connectivity index (χ3n) is 2.44. The molecule has 0 atom stereocenters. The van der Waals surface area contributed by atoms with Gasteiger partial charge in [0.2, 0.25) is 0 Å². The fraction of sp³-hybridized carbons (Fsp3) is 0.462. The average Bonchev–Trinajstić information content (AvgIpc) is 2.41. The molecule has 0 fully saturated rings. The smallest absolute Gasteiger partial charge is 0.268 e. The Labute approximate surface area is 97.2 Å². The summed E-state index contributed by atoms with van der Waals surface area (Å²) in [6.45, 7) is 12.3. The second kappa shape index (κ2) is 5.01. The van der Waals surface area contributed by atoms with Crippen molar-refractivity contribution in [1.82, 2.24) is 9.88 Å². The Hall–Kier alpha value is -1.51. The Balaban J connectivity index is 3.10. The zero-order valence-corrected chi connectivity index (χ0v) is 10.5. The minimum atomic E-state index is -0.0116. The molecule has 16 heavy (non-hydrogen) atoms. The minimum absolute atomic E-state index is 0.0116. The molecule has 0 aliphatic carbocycles. The summed E-state index contributed by atoms with van der Waals surface area (Å²) in [7, 11) is 0. The molecule has 0 unspecified atom stereocenters. The number of aromatic nitrogens is 1. The van der Waals surface area contributed by atoms with Crippen LogP contribution in [0.3, 0.4) is 0 Å². The van der Waals surface area contributed by atoms with Crippen molar-refractivity contribution >= 4 is 5.91 Å².